The quantitative estimate of drug-likeness (QED) is 0.262. The number of amides is 1. The number of alkyl halides is 3. The molecule has 0 spiro atoms. The third-order valence-electron chi connectivity index (χ3n) is 5.56. The van der Waals surface area contributed by atoms with Gasteiger partial charge >= 0.3 is 12.1 Å². The van der Waals surface area contributed by atoms with Gasteiger partial charge in [0.2, 0.25) is 5.71 Å². The van der Waals surface area contributed by atoms with E-state index >= 15 is 0 Å². The van der Waals surface area contributed by atoms with E-state index in [1.54, 1.807) is 12.1 Å². The van der Waals surface area contributed by atoms with E-state index in [1.807, 2.05) is 0 Å². The molecule has 2 aromatic heterocycles. The van der Waals surface area contributed by atoms with E-state index in [-0.39, 0.29) is 33.7 Å². The Morgan fingerprint density at radius 3 is 2.42 bits per heavy atom. The standard InChI is InChI=1S/C26H20F4N2O4/c1-31-23(33)21-19-13-18(15-4-3-5-16(12-15)25(34)35-2)20(10-11-26(28,29)30)32-24(19)36-22(21)14-6-8-17(27)9-7-14/h3-9,12-13H,10-11H2,1-2H3,(H,31,33). The van der Waals surface area contributed by atoms with Crippen LogP contribution in [-0.2, 0) is 11.2 Å². The van der Waals surface area contributed by atoms with E-state index in [0.717, 1.165) is 0 Å². The Hall–Kier alpha value is -4.21. The summed E-state index contributed by atoms with van der Waals surface area (Å²) in [5.74, 6) is -1.53. The van der Waals surface area contributed by atoms with Crippen molar-refractivity contribution < 1.29 is 36.3 Å². The van der Waals surface area contributed by atoms with E-state index in [9.17, 15) is 27.2 Å². The number of hydrogen-bond donors (Lipinski definition) is 1. The number of aryl methyl sites for hydroxylation is 1. The molecule has 0 bridgehead atoms. The monoisotopic (exact) mass is 500 g/mol. The van der Waals surface area contributed by atoms with Crippen LogP contribution in [0.5, 0.6) is 0 Å². The molecule has 2 heterocycles. The Kier molecular flexibility index (Phi) is 6.78. The minimum atomic E-state index is -4.43. The van der Waals surface area contributed by atoms with Gasteiger partial charge in [0.25, 0.3) is 5.91 Å². The molecular formula is C26H20F4N2O4. The maximum absolute atomic E-state index is 13.5. The van der Waals surface area contributed by atoms with Gasteiger partial charge in [0.1, 0.15) is 11.6 Å². The predicted molar refractivity (Wildman–Crippen MR) is 124 cm³/mol. The topological polar surface area (TPSA) is 81.4 Å². The van der Waals surface area contributed by atoms with Crippen molar-refractivity contribution in [2.45, 2.75) is 19.0 Å². The van der Waals surface area contributed by atoms with E-state index in [2.05, 4.69) is 10.3 Å². The molecule has 0 fully saturated rings. The van der Waals surface area contributed by atoms with Gasteiger partial charge in [-0.05, 0) is 54.4 Å². The fourth-order valence-electron chi connectivity index (χ4n) is 3.85. The Morgan fingerprint density at radius 2 is 1.78 bits per heavy atom. The van der Waals surface area contributed by atoms with Crippen LogP contribution in [0, 0.1) is 5.82 Å². The fraction of sp³-hybridized carbons (Fsp3) is 0.192. The van der Waals surface area contributed by atoms with Gasteiger partial charge in [-0.25, -0.2) is 14.2 Å². The zero-order valence-electron chi connectivity index (χ0n) is 19.2. The van der Waals surface area contributed by atoms with E-state index in [1.165, 1.54) is 56.6 Å². The molecule has 1 amide bonds. The van der Waals surface area contributed by atoms with Crippen LogP contribution in [0.3, 0.4) is 0 Å². The molecule has 186 valence electrons. The van der Waals surface area contributed by atoms with Gasteiger partial charge in [-0.3, -0.25) is 4.79 Å². The largest absolute Gasteiger partial charge is 0.465 e. The fourth-order valence-corrected chi connectivity index (χ4v) is 3.85. The minimum absolute atomic E-state index is 0.0435. The summed E-state index contributed by atoms with van der Waals surface area (Å²) in [6, 6.07) is 12.9. The third kappa shape index (κ3) is 5.07. The highest BCUT2D eigenvalue weighted by Gasteiger charge is 2.29. The van der Waals surface area contributed by atoms with E-state index < -0.39 is 36.7 Å². The maximum atomic E-state index is 13.5. The molecule has 0 saturated carbocycles. The molecule has 1 N–H and O–H groups in total. The van der Waals surface area contributed by atoms with Crippen LogP contribution < -0.4 is 5.32 Å². The number of benzene rings is 2. The van der Waals surface area contributed by atoms with Crippen LogP contribution in [0.2, 0.25) is 0 Å². The first-order valence-electron chi connectivity index (χ1n) is 10.8. The van der Waals surface area contributed by atoms with Crippen molar-refractivity contribution in [2.24, 2.45) is 0 Å². The van der Waals surface area contributed by atoms with Crippen LogP contribution in [-0.4, -0.2) is 37.2 Å². The van der Waals surface area contributed by atoms with Gasteiger partial charge in [0, 0.05) is 24.6 Å². The van der Waals surface area contributed by atoms with Crippen LogP contribution in [0.4, 0.5) is 17.6 Å². The highest BCUT2D eigenvalue weighted by atomic mass is 19.4. The lowest BCUT2D eigenvalue weighted by Crippen LogP contribution is -2.18. The average molecular weight is 500 g/mol. The second kappa shape index (κ2) is 9.80. The molecule has 0 unspecified atom stereocenters. The van der Waals surface area contributed by atoms with Gasteiger partial charge < -0.3 is 14.5 Å². The van der Waals surface area contributed by atoms with Crippen LogP contribution in [0.25, 0.3) is 33.6 Å². The highest BCUT2D eigenvalue weighted by molar-refractivity contribution is 6.11. The molecule has 0 aliphatic heterocycles. The highest BCUT2D eigenvalue weighted by Crippen LogP contribution is 2.37. The zero-order chi connectivity index (χ0) is 26.0. The number of nitrogens with zero attached hydrogens (tertiary/aromatic N) is 1. The molecule has 10 heteroatoms. The number of fused-ring (bicyclic) bond motifs is 1. The summed E-state index contributed by atoms with van der Waals surface area (Å²) < 4.78 is 63.3. The van der Waals surface area contributed by atoms with Crippen molar-refractivity contribution in [3.8, 4) is 22.5 Å². The second-order valence-electron chi connectivity index (χ2n) is 7.92. The summed E-state index contributed by atoms with van der Waals surface area (Å²) in [5, 5.41) is 2.77. The molecule has 0 radical (unpaired) electrons. The minimum Gasteiger partial charge on any atom is -0.465 e. The van der Waals surface area contributed by atoms with Gasteiger partial charge in [0.15, 0.2) is 0 Å². The maximum Gasteiger partial charge on any atom is 0.389 e. The SMILES string of the molecule is CNC(=O)c1c(-c2ccc(F)cc2)oc2nc(CCC(F)(F)F)c(-c3cccc(C(=O)OC)c3)cc12. The van der Waals surface area contributed by atoms with Crippen molar-refractivity contribution >= 4 is 23.0 Å². The number of halogens is 4. The molecule has 4 aromatic rings. The first-order chi connectivity index (χ1) is 17.1. The lowest BCUT2D eigenvalue weighted by molar-refractivity contribution is -0.134. The van der Waals surface area contributed by atoms with Crippen LogP contribution in [0.1, 0.15) is 32.8 Å². The van der Waals surface area contributed by atoms with Gasteiger partial charge in [0.05, 0.1) is 29.3 Å². The van der Waals surface area contributed by atoms with Crippen molar-refractivity contribution in [1.82, 2.24) is 10.3 Å². The third-order valence-corrected chi connectivity index (χ3v) is 5.56. The number of rotatable bonds is 6. The number of pyridine rings is 1. The number of carbonyl (C=O) groups excluding carboxylic acids is 2. The van der Waals surface area contributed by atoms with Gasteiger partial charge in [-0.15, -0.1) is 0 Å². The first kappa shape index (κ1) is 24.9. The summed E-state index contributed by atoms with van der Waals surface area (Å²) in [7, 11) is 2.64. The summed E-state index contributed by atoms with van der Waals surface area (Å²) >= 11 is 0. The Balaban J connectivity index is 1.98. The lowest BCUT2D eigenvalue weighted by Gasteiger charge is -2.12. The number of nitrogens with one attached hydrogen (secondary N) is 1. The summed E-state index contributed by atoms with van der Waals surface area (Å²) in [6.45, 7) is 0. The van der Waals surface area contributed by atoms with Crippen molar-refractivity contribution in [3.05, 3.63) is 77.2 Å². The molecule has 36 heavy (non-hydrogen) atoms. The molecule has 4 rings (SSSR count). The summed E-state index contributed by atoms with van der Waals surface area (Å²) in [5.41, 5.74) is 1.43. The predicted octanol–water partition coefficient (Wildman–Crippen LogP) is 5.94. The van der Waals surface area contributed by atoms with E-state index in [4.69, 9.17) is 9.15 Å². The van der Waals surface area contributed by atoms with Crippen molar-refractivity contribution in [2.75, 3.05) is 14.2 Å². The summed E-state index contributed by atoms with van der Waals surface area (Å²) in [6.07, 6.45) is -6.03. The van der Waals surface area contributed by atoms with Gasteiger partial charge in [-0.2, -0.15) is 13.2 Å². The smallest absolute Gasteiger partial charge is 0.389 e. The Morgan fingerprint density at radius 1 is 1.06 bits per heavy atom. The summed E-state index contributed by atoms with van der Waals surface area (Å²) in [4.78, 5) is 29.2. The molecule has 0 saturated heterocycles. The molecule has 0 aliphatic carbocycles. The number of furan rings is 1. The lowest BCUT2D eigenvalue weighted by atomic mass is 9.97. The van der Waals surface area contributed by atoms with Crippen molar-refractivity contribution in [3.63, 3.8) is 0 Å². The molecule has 6 nitrogen and oxygen atoms in total. The number of aromatic nitrogens is 1. The molecule has 0 atom stereocenters. The number of carbonyl (C=O) groups is 2. The Labute approximate surface area is 202 Å². The normalized spacial score (nSPS) is 11.5. The molecule has 2 aromatic carbocycles. The second-order valence-corrected chi connectivity index (χ2v) is 7.92. The average Bonchev–Trinajstić information content (AvgIpc) is 3.24. The molecule has 0 aliphatic rings. The first-order valence-corrected chi connectivity index (χ1v) is 10.8. The Bertz CT molecular complexity index is 1440. The van der Waals surface area contributed by atoms with Crippen molar-refractivity contribution in [1.29, 1.82) is 0 Å². The number of ether oxygens (including phenoxy) is 1. The van der Waals surface area contributed by atoms with Crippen LogP contribution in [0.15, 0.2) is 59.0 Å². The van der Waals surface area contributed by atoms with Crippen LogP contribution >= 0.6 is 0 Å². The number of esters is 1. The van der Waals surface area contributed by atoms with E-state index in [0.29, 0.717) is 16.7 Å². The zero-order valence-corrected chi connectivity index (χ0v) is 19.2. The van der Waals surface area contributed by atoms with Gasteiger partial charge in [-0.1, -0.05) is 12.1 Å². The molecular weight excluding hydrogens is 480 g/mol. The number of methoxy groups -OCH3 is 1. The number of hydrogen-bond acceptors (Lipinski definition) is 5.